The standard InChI is InChI=1S/C57H110O6/c1-6-7-8-9-10-11-12-13-18-23-26-29-32-39-44-49-57(60)63-54(51-62-56(59)48-43-38-34-33-36-41-46-53(4)5)50-61-55(58)47-42-37-31-28-25-22-20-17-15-14-16-19-21-24-27-30-35-40-45-52(2)3/h52-54H,6-51H2,1-5H3/t54-/m0/s1. The number of hydrogen-bond acceptors (Lipinski definition) is 6. The molecule has 0 bridgehead atoms. The van der Waals surface area contributed by atoms with E-state index in [1.54, 1.807) is 0 Å². The fourth-order valence-corrected chi connectivity index (χ4v) is 8.70. The van der Waals surface area contributed by atoms with E-state index in [0.29, 0.717) is 19.3 Å². The Morgan fingerprint density at radius 1 is 0.302 bits per heavy atom. The second-order valence-corrected chi connectivity index (χ2v) is 20.5. The van der Waals surface area contributed by atoms with Crippen LogP contribution in [-0.2, 0) is 28.6 Å². The highest BCUT2D eigenvalue weighted by molar-refractivity contribution is 5.71. The minimum absolute atomic E-state index is 0.0637. The van der Waals surface area contributed by atoms with Gasteiger partial charge in [-0.15, -0.1) is 0 Å². The molecule has 0 heterocycles. The van der Waals surface area contributed by atoms with Crippen molar-refractivity contribution in [1.82, 2.24) is 0 Å². The van der Waals surface area contributed by atoms with Gasteiger partial charge in [-0.05, 0) is 31.1 Å². The Kier molecular flexibility index (Phi) is 48.6. The molecule has 0 saturated heterocycles. The molecular weight excluding hydrogens is 781 g/mol. The maximum Gasteiger partial charge on any atom is 0.306 e. The number of unbranched alkanes of at least 4 members (excludes halogenated alkanes) is 36. The fourth-order valence-electron chi connectivity index (χ4n) is 8.70. The lowest BCUT2D eigenvalue weighted by Crippen LogP contribution is -2.30. The average molecular weight is 892 g/mol. The van der Waals surface area contributed by atoms with E-state index in [1.807, 2.05) is 0 Å². The van der Waals surface area contributed by atoms with Crippen LogP contribution in [0, 0.1) is 11.8 Å². The van der Waals surface area contributed by atoms with E-state index in [1.165, 1.54) is 205 Å². The zero-order valence-electron chi connectivity index (χ0n) is 43.2. The Labute approximate surface area is 393 Å². The lowest BCUT2D eigenvalue weighted by molar-refractivity contribution is -0.167. The van der Waals surface area contributed by atoms with Gasteiger partial charge in [0.1, 0.15) is 13.2 Å². The van der Waals surface area contributed by atoms with E-state index in [4.69, 9.17) is 14.2 Å². The van der Waals surface area contributed by atoms with Gasteiger partial charge in [0.15, 0.2) is 6.10 Å². The summed E-state index contributed by atoms with van der Waals surface area (Å²) in [6.07, 6.45) is 52.6. The summed E-state index contributed by atoms with van der Waals surface area (Å²) in [6, 6.07) is 0. The first kappa shape index (κ1) is 61.4. The second kappa shape index (κ2) is 49.8. The summed E-state index contributed by atoms with van der Waals surface area (Å²) < 4.78 is 16.8. The SMILES string of the molecule is CCCCCCCCCCCCCCCCCC(=O)O[C@@H](COC(=O)CCCCCCCCCCCCCCCCCCCCC(C)C)COC(=O)CCCCCCCCC(C)C. The van der Waals surface area contributed by atoms with Crippen molar-refractivity contribution in [3.05, 3.63) is 0 Å². The molecular formula is C57H110O6. The Balaban J connectivity index is 4.18. The van der Waals surface area contributed by atoms with Crippen molar-refractivity contribution in [2.45, 2.75) is 323 Å². The number of carbonyl (C=O) groups is 3. The Hall–Kier alpha value is -1.59. The number of ether oxygens (including phenoxy) is 3. The van der Waals surface area contributed by atoms with Gasteiger partial charge < -0.3 is 14.2 Å². The van der Waals surface area contributed by atoms with Gasteiger partial charge >= 0.3 is 17.9 Å². The third kappa shape index (κ3) is 51.3. The van der Waals surface area contributed by atoms with Crippen LogP contribution >= 0.6 is 0 Å². The lowest BCUT2D eigenvalue weighted by atomic mass is 10.0. The van der Waals surface area contributed by atoms with Crippen LogP contribution in [0.2, 0.25) is 0 Å². The molecule has 0 unspecified atom stereocenters. The van der Waals surface area contributed by atoms with Gasteiger partial charge in [0.2, 0.25) is 0 Å². The van der Waals surface area contributed by atoms with Crippen LogP contribution in [0.1, 0.15) is 317 Å². The normalized spacial score (nSPS) is 12.0. The summed E-state index contributed by atoms with van der Waals surface area (Å²) in [5, 5.41) is 0. The Morgan fingerprint density at radius 2 is 0.524 bits per heavy atom. The molecule has 0 aromatic carbocycles. The maximum absolute atomic E-state index is 12.8. The van der Waals surface area contributed by atoms with E-state index < -0.39 is 6.10 Å². The summed E-state index contributed by atoms with van der Waals surface area (Å²) in [7, 11) is 0. The summed E-state index contributed by atoms with van der Waals surface area (Å²) in [5.41, 5.74) is 0. The van der Waals surface area contributed by atoms with Crippen LogP contribution in [0.25, 0.3) is 0 Å². The van der Waals surface area contributed by atoms with Crippen molar-refractivity contribution in [1.29, 1.82) is 0 Å². The highest BCUT2D eigenvalue weighted by Gasteiger charge is 2.19. The van der Waals surface area contributed by atoms with E-state index in [-0.39, 0.29) is 31.1 Å². The monoisotopic (exact) mass is 891 g/mol. The number of esters is 3. The van der Waals surface area contributed by atoms with Crippen molar-refractivity contribution < 1.29 is 28.6 Å². The minimum atomic E-state index is -0.762. The molecule has 0 saturated carbocycles. The molecule has 6 nitrogen and oxygen atoms in total. The van der Waals surface area contributed by atoms with Crippen LogP contribution in [0.3, 0.4) is 0 Å². The van der Waals surface area contributed by atoms with Gasteiger partial charge in [-0.2, -0.15) is 0 Å². The fraction of sp³-hybridized carbons (Fsp3) is 0.947. The molecule has 0 amide bonds. The first-order valence-corrected chi connectivity index (χ1v) is 28.2. The van der Waals surface area contributed by atoms with Crippen LogP contribution in [0.15, 0.2) is 0 Å². The second-order valence-electron chi connectivity index (χ2n) is 20.5. The van der Waals surface area contributed by atoms with Crippen LogP contribution in [-0.4, -0.2) is 37.2 Å². The molecule has 0 radical (unpaired) electrons. The molecule has 0 aliphatic carbocycles. The van der Waals surface area contributed by atoms with Crippen LogP contribution in [0.4, 0.5) is 0 Å². The largest absolute Gasteiger partial charge is 0.462 e. The van der Waals surface area contributed by atoms with Crippen molar-refractivity contribution in [3.63, 3.8) is 0 Å². The molecule has 0 aromatic rings. The number of rotatable bonds is 51. The van der Waals surface area contributed by atoms with Gasteiger partial charge in [-0.25, -0.2) is 0 Å². The van der Waals surface area contributed by atoms with Crippen molar-refractivity contribution in [2.75, 3.05) is 13.2 Å². The molecule has 63 heavy (non-hydrogen) atoms. The maximum atomic E-state index is 12.8. The summed E-state index contributed by atoms with van der Waals surface area (Å²) >= 11 is 0. The zero-order valence-corrected chi connectivity index (χ0v) is 43.2. The van der Waals surface area contributed by atoms with Gasteiger partial charge in [0, 0.05) is 19.3 Å². The molecule has 0 N–H and O–H groups in total. The van der Waals surface area contributed by atoms with E-state index >= 15 is 0 Å². The predicted molar refractivity (Wildman–Crippen MR) is 270 cm³/mol. The third-order valence-electron chi connectivity index (χ3n) is 13.0. The Morgan fingerprint density at radius 3 is 0.778 bits per heavy atom. The van der Waals surface area contributed by atoms with Crippen LogP contribution < -0.4 is 0 Å². The molecule has 0 spiro atoms. The van der Waals surface area contributed by atoms with E-state index in [9.17, 15) is 14.4 Å². The van der Waals surface area contributed by atoms with Crippen molar-refractivity contribution >= 4 is 17.9 Å². The smallest absolute Gasteiger partial charge is 0.306 e. The molecule has 0 aliphatic heterocycles. The zero-order chi connectivity index (χ0) is 46.1. The molecule has 1 atom stereocenters. The van der Waals surface area contributed by atoms with Gasteiger partial charge in [-0.3, -0.25) is 14.4 Å². The summed E-state index contributed by atoms with van der Waals surface area (Å²) in [4.78, 5) is 38.0. The average Bonchev–Trinajstić information content (AvgIpc) is 3.25. The minimum Gasteiger partial charge on any atom is -0.462 e. The molecule has 0 aromatic heterocycles. The predicted octanol–water partition coefficient (Wildman–Crippen LogP) is 18.5. The molecule has 374 valence electrons. The highest BCUT2D eigenvalue weighted by Crippen LogP contribution is 2.18. The van der Waals surface area contributed by atoms with Crippen LogP contribution in [0.5, 0.6) is 0 Å². The first-order valence-electron chi connectivity index (χ1n) is 28.2. The first-order chi connectivity index (χ1) is 30.7. The van der Waals surface area contributed by atoms with Crippen molar-refractivity contribution in [2.24, 2.45) is 11.8 Å². The van der Waals surface area contributed by atoms with E-state index in [2.05, 4.69) is 34.6 Å². The van der Waals surface area contributed by atoms with Gasteiger partial charge in [0.05, 0.1) is 0 Å². The summed E-state index contributed by atoms with van der Waals surface area (Å²) in [5.74, 6) is 0.775. The quantitative estimate of drug-likeness (QED) is 0.0344. The topological polar surface area (TPSA) is 78.9 Å². The van der Waals surface area contributed by atoms with Crippen molar-refractivity contribution in [3.8, 4) is 0 Å². The van der Waals surface area contributed by atoms with Gasteiger partial charge in [0.25, 0.3) is 0 Å². The third-order valence-corrected chi connectivity index (χ3v) is 13.0. The molecule has 0 aliphatic rings. The molecule has 0 fully saturated rings. The number of carbonyl (C=O) groups excluding carboxylic acids is 3. The molecule has 0 rings (SSSR count). The molecule has 6 heteroatoms. The van der Waals surface area contributed by atoms with E-state index in [0.717, 1.165) is 69.6 Å². The Bertz CT molecular complexity index is 962. The highest BCUT2D eigenvalue weighted by atomic mass is 16.6. The summed E-state index contributed by atoms with van der Waals surface area (Å²) in [6.45, 7) is 11.3. The van der Waals surface area contributed by atoms with Gasteiger partial charge in [-0.1, -0.05) is 279 Å². The lowest BCUT2D eigenvalue weighted by Gasteiger charge is -2.18. The number of hydrogen-bond donors (Lipinski definition) is 0.